The SMILES string of the molecule is COc1cccc2c(OC(C)=O)cccc12.COc1cccc2c(OC(C)=O)cccc12.Cc1ccc(-c2ccc(C)cc2)cc1.Cc1ccc(C)c2ccccc12.Cc1ccc(C)cc1.Cc1ccccc1-c1ccccc1C. The first-order valence-electron chi connectivity index (χ1n) is 26.8. The van der Waals surface area contributed by atoms with Crippen LogP contribution in [0.1, 0.15) is 58.4 Å². The van der Waals surface area contributed by atoms with Gasteiger partial charge in [-0.05, 0) is 135 Å². The zero-order valence-electron chi connectivity index (χ0n) is 48.4. The lowest BCUT2D eigenvalue weighted by atomic mass is 9.97. The zero-order chi connectivity index (χ0) is 57.6. The maximum Gasteiger partial charge on any atom is 0.308 e. The molecule has 0 spiro atoms. The molecule has 0 saturated heterocycles. The highest BCUT2D eigenvalue weighted by atomic mass is 16.5. The zero-order valence-corrected chi connectivity index (χ0v) is 48.4. The van der Waals surface area contributed by atoms with Crippen LogP contribution in [-0.4, -0.2) is 26.2 Å². The molecule has 0 N–H and O–H groups in total. The largest absolute Gasteiger partial charge is 0.496 e. The quantitative estimate of drug-likeness (QED) is 0.122. The van der Waals surface area contributed by atoms with E-state index in [4.69, 9.17) is 18.9 Å². The molecule has 0 amide bonds. The van der Waals surface area contributed by atoms with Crippen LogP contribution in [-0.2, 0) is 9.59 Å². The van der Waals surface area contributed by atoms with Gasteiger partial charge in [0.15, 0.2) is 0 Å². The van der Waals surface area contributed by atoms with E-state index < -0.39 is 0 Å². The smallest absolute Gasteiger partial charge is 0.308 e. The summed E-state index contributed by atoms with van der Waals surface area (Å²) >= 11 is 0. The third-order valence-corrected chi connectivity index (χ3v) is 13.2. The monoisotopic (exact) mass is 1060 g/mol. The maximum absolute atomic E-state index is 11.0. The Kier molecular flexibility index (Phi) is 22.5. The Morgan fingerprint density at radius 2 is 0.525 bits per heavy atom. The number of ether oxygens (including phenoxy) is 4. The molecule has 6 heteroatoms. The van der Waals surface area contributed by atoms with E-state index in [9.17, 15) is 9.59 Å². The van der Waals surface area contributed by atoms with Gasteiger partial charge in [-0.25, -0.2) is 0 Å². The van der Waals surface area contributed by atoms with Crippen LogP contribution in [0.4, 0.5) is 0 Å². The molecular weight excluding hydrogens is 985 g/mol. The molecule has 11 rings (SSSR count). The van der Waals surface area contributed by atoms with E-state index in [0.717, 1.165) is 33.0 Å². The summed E-state index contributed by atoms with van der Waals surface area (Å²) in [6.07, 6.45) is 0. The second-order valence-electron chi connectivity index (χ2n) is 19.6. The minimum atomic E-state index is -0.324. The van der Waals surface area contributed by atoms with Crippen LogP contribution < -0.4 is 18.9 Å². The molecule has 0 bridgehead atoms. The summed E-state index contributed by atoms with van der Waals surface area (Å²) < 4.78 is 20.8. The van der Waals surface area contributed by atoms with Gasteiger partial charge in [0.2, 0.25) is 0 Å². The fourth-order valence-electron chi connectivity index (χ4n) is 8.83. The molecule has 0 aliphatic carbocycles. The van der Waals surface area contributed by atoms with E-state index in [1.54, 1.807) is 26.4 Å². The van der Waals surface area contributed by atoms with Gasteiger partial charge in [0.1, 0.15) is 23.0 Å². The average Bonchev–Trinajstić information content (AvgIpc) is 3.47. The number of fused-ring (bicyclic) bond motifs is 3. The second kappa shape index (κ2) is 30.0. The molecule has 80 heavy (non-hydrogen) atoms. The van der Waals surface area contributed by atoms with Gasteiger partial charge in [-0.15, -0.1) is 0 Å². The third kappa shape index (κ3) is 17.4. The van der Waals surface area contributed by atoms with Gasteiger partial charge in [-0.3, -0.25) is 9.59 Å². The van der Waals surface area contributed by atoms with E-state index in [2.05, 4.69) is 213 Å². The Balaban J connectivity index is 0.000000156. The van der Waals surface area contributed by atoms with Gasteiger partial charge < -0.3 is 18.9 Å². The molecule has 0 saturated carbocycles. The highest BCUT2D eigenvalue weighted by Gasteiger charge is 2.09. The number of esters is 2. The molecular formula is C74H74O6. The lowest BCUT2D eigenvalue weighted by molar-refractivity contribution is -0.132. The van der Waals surface area contributed by atoms with Gasteiger partial charge >= 0.3 is 11.9 Å². The number of carbonyl (C=O) groups is 2. The summed E-state index contributed by atoms with van der Waals surface area (Å²) in [6.45, 7) is 19.8. The van der Waals surface area contributed by atoms with Crippen molar-refractivity contribution in [3.05, 3.63) is 275 Å². The number of hydrogen-bond acceptors (Lipinski definition) is 6. The molecule has 11 aromatic rings. The van der Waals surface area contributed by atoms with Crippen LogP contribution in [0.25, 0.3) is 54.6 Å². The van der Waals surface area contributed by atoms with Crippen molar-refractivity contribution in [1.82, 2.24) is 0 Å². The van der Waals surface area contributed by atoms with Crippen LogP contribution in [0.5, 0.6) is 23.0 Å². The Labute approximate surface area is 474 Å². The van der Waals surface area contributed by atoms with Crippen molar-refractivity contribution in [3.8, 4) is 45.3 Å². The van der Waals surface area contributed by atoms with Gasteiger partial charge in [0, 0.05) is 35.4 Å². The summed E-state index contributed by atoms with van der Waals surface area (Å²) in [7, 11) is 3.24. The molecule has 0 aliphatic heterocycles. The van der Waals surface area contributed by atoms with E-state index in [-0.39, 0.29) is 11.9 Å². The molecule has 406 valence electrons. The van der Waals surface area contributed by atoms with E-state index in [0.29, 0.717) is 11.5 Å². The Morgan fingerprint density at radius 3 is 0.825 bits per heavy atom. The minimum absolute atomic E-state index is 0.324. The summed E-state index contributed by atoms with van der Waals surface area (Å²) in [5, 5.41) is 6.36. The van der Waals surface area contributed by atoms with Gasteiger partial charge in [0.05, 0.1) is 14.2 Å². The van der Waals surface area contributed by atoms with Crippen molar-refractivity contribution in [2.45, 2.75) is 69.2 Å². The summed E-state index contributed by atoms with van der Waals surface area (Å²) in [5.74, 6) is 2.01. The van der Waals surface area contributed by atoms with Crippen molar-refractivity contribution >= 4 is 44.3 Å². The number of hydrogen-bond donors (Lipinski definition) is 0. The number of benzene rings is 11. The van der Waals surface area contributed by atoms with Crippen molar-refractivity contribution in [2.24, 2.45) is 0 Å². The minimum Gasteiger partial charge on any atom is -0.496 e. The van der Waals surface area contributed by atoms with Crippen LogP contribution in [0.2, 0.25) is 0 Å². The highest BCUT2D eigenvalue weighted by Crippen LogP contribution is 2.34. The van der Waals surface area contributed by atoms with Gasteiger partial charge in [-0.1, -0.05) is 229 Å². The maximum atomic E-state index is 11.0. The van der Waals surface area contributed by atoms with Crippen molar-refractivity contribution in [2.75, 3.05) is 14.2 Å². The predicted molar refractivity (Wildman–Crippen MR) is 336 cm³/mol. The highest BCUT2D eigenvalue weighted by molar-refractivity contribution is 5.95. The lowest BCUT2D eigenvalue weighted by Crippen LogP contribution is -2.01. The average molecular weight is 1060 g/mol. The van der Waals surface area contributed by atoms with Crippen LogP contribution >= 0.6 is 0 Å². The first-order valence-corrected chi connectivity index (χ1v) is 26.8. The Hall–Kier alpha value is -9.26. The molecule has 0 unspecified atom stereocenters. The number of carbonyl (C=O) groups excluding carboxylic acids is 2. The fraction of sp³-hybridized carbons (Fsp3) is 0.162. The topological polar surface area (TPSA) is 71.1 Å². The van der Waals surface area contributed by atoms with Crippen LogP contribution in [0.3, 0.4) is 0 Å². The standard InChI is InChI=1S/2C14H14.2C13H12O3.C12H12.C8H10/c1-11-3-7-13(8-4-11)14-9-5-12(2)6-10-14;1-11-7-3-5-9-13(11)14-10-6-4-8-12(14)2;2*1-9(14)16-13-8-4-5-10-11(13)6-3-7-12(10)15-2;1-9-7-8-10(2)12-6-4-3-5-11(9)12;1-7-3-5-8(2)6-4-7/h2*3-10H,1-2H3;2*3-8H,1-2H3;3-8H,1-2H3;3-6H,1-2H3. The Bertz CT molecular complexity index is 3510. The molecule has 11 aromatic carbocycles. The normalized spacial score (nSPS) is 10.1. The van der Waals surface area contributed by atoms with Crippen molar-refractivity contribution < 1.29 is 28.5 Å². The molecule has 0 radical (unpaired) electrons. The third-order valence-electron chi connectivity index (χ3n) is 13.2. The van der Waals surface area contributed by atoms with Crippen LogP contribution in [0, 0.1) is 55.4 Å². The van der Waals surface area contributed by atoms with Gasteiger partial charge in [0.25, 0.3) is 0 Å². The molecule has 0 fully saturated rings. The molecule has 0 aliphatic rings. The molecule has 0 heterocycles. The first kappa shape index (κ1) is 60.0. The number of rotatable bonds is 6. The van der Waals surface area contributed by atoms with E-state index in [1.165, 1.54) is 91.4 Å². The summed E-state index contributed by atoms with van der Waals surface area (Å²) in [6, 6.07) is 78.0. The predicted octanol–water partition coefficient (Wildman–Crippen LogP) is 19.2. The molecule has 0 atom stereocenters. The van der Waals surface area contributed by atoms with Crippen molar-refractivity contribution in [1.29, 1.82) is 0 Å². The summed E-state index contributed by atoms with van der Waals surface area (Å²) in [5.41, 5.74) is 15.9. The molecule has 6 nitrogen and oxygen atoms in total. The van der Waals surface area contributed by atoms with E-state index in [1.807, 2.05) is 60.7 Å². The van der Waals surface area contributed by atoms with Gasteiger partial charge in [-0.2, -0.15) is 0 Å². The molecule has 0 aromatic heterocycles. The first-order chi connectivity index (χ1) is 38.6. The fourth-order valence-corrected chi connectivity index (χ4v) is 8.83. The number of methoxy groups -OCH3 is 2. The van der Waals surface area contributed by atoms with Crippen molar-refractivity contribution in [3.63, 3.8) is 0 Å². The van der Waals surface area contributed by atoms with Crippen LogP contribution in [0.15, 0.2) is 231 Å². The second-order valence-corrected chi connectivity index (χ2v) is 19.6. The number of aryl methyl sites for hydroxylation is 8. The lowest BCUT2D eigenvalue weighted by Gasteiger charge is -2.08. The van der Waals surface area contributed by atoms with E-state index >= 15 is 0 Å². The summed E-state index contributed by atoms with van der Waals surface area (Å²) in [4.78, 5) is 21.9. The Morgan fingerprint density at radius 1 is 0.263 bits per heavy atom.